The molecule has 1 saturated heterocycles. The summed E-state index contributed by atoms with van der Waals surface area (Å²) in [5.41, 5.74) is -0.756. The van der Waals surface area contributed by atoms with Crippen LogP contribution in [0.5, 0.6) is 0 Å². The van der Waals surface area contributed by atoms with Crippen molar-refractivity contribution in [3.63, 3.8) is 0 Å². The molecule has 0 amide bonds. The maximum atomic E-state index is 11.4. The number of nitrogens with one attached hydrogen (secondary N) is 1. The fourth-order valence-corrected chi connectivity index (χ4v) is 3.20. The molecule has 5 heteroatoms. The van der Waals surface area contributed by atoms with Crippen LogP contribution in [0.25, 0.3) is 0 Å². The molecule has 20 heavy (non-hydrogen) atoms. The van der Waals surface area contributed by atoms with Gasteiger partial charge in [0.1, 0.15) is 5.54 Å². The van der Waals surface area contributed by atoms with E-state index in [1.807, 2.05) is 6.92 Å². The number of carbonyl (C=O) groups is 1. The standard InChI is InChI=1S/C15H31N3O2/c1-5-15(16-2,14(19)20)8-6-9-17(3)11-13-7-10-18(4)12-13/h13,16H,5-12H2,1-4H3,(H,19,20). The molecular weight excluding hydrogens is 254 g/mol. The molecule has 2 unspecified atom stereocenters. The van der Waals surface area contributed by atoms with Gasteiger partial charge in [-0.25, -0.2) is 0 Å². The second kappa shape index (κ2) is 7.96. The van der Waals surface area contributed by atoms with Crippen LogP contribution in [-0.2, 0) is 4.79 Å². The molecule has 0 bridgehead atoms. The molecule has 1 aliphatic rings. The Morgan fingerprint density at radius 2 is 2.25 bits per heavy atom. The summed E-state index contributed by atoms with van der Waals surface area (Å²) in [6.45, 7) is 6.42. The van der Waals surface area contributed by atoms with E-state index in [1.165, 1.54) is 19.5 Å². The fraction of sp³-hybridized carbons (Fsp3) is 0.933. The number of carboxylic acid groups (broad SMARTS) is 1. The van der Waals surface area contributed by atoms with Gasteiger partial charge >= 0.3 is 5.97 Å². The number of likely N-dealkylation sites (N-methyl/N-ethyl adjacent to an activating group) is 1. The summed E-state index contributed by atoms with van der Waals surface area (Å²) in [5.74, 6) is 0.0345. The molecule has 118 valence electrons. The van der Waals surface area contributed by atoms with Gasteiger partial charge in [0.15, 0.2) is 0 Å². The van der Waals surface area contributed by atoms with Gasteiger partial charge in [-0.15, -0.1) is 0 Å². The molecule has 1 rings (SSSR count). The van der Waals surface area contributed by atoms with Gasteiger partial charge in [-0.3, -0.25) is 4.79 Å². The van der Waals surface area contributed by atoms with E-state index in [4.69, 9.17) is 0 Å². The summed E-state index contributed by atoms with van der Waals surface area (Å²) in [7, 11) is 6.07. The Hall–Kier alpha value is -0.650. The first-order valence-corrected chi connectivity index (χ1v) is 7.73. The van der Waals surface area contributed by atoms with Crippen molar-refractivity contribution in [2.24, 2.45) is 5.92 Å². The highest BCUT2D eigenvalue weighted by Gasteiger charge is 2.34. The number of rotatable bonds is 9. The van der Waals surface area contributed by atoms with E-state index in [-0.39, 0.29) is 0 Å². The lowest BCUT2D eigenvalue weighted by Gasteiger charge is -2.29. The van der Waals surface area contributed by atoms with Gasteiger partial charge in [0.25, 0.3) is 0 Å². The molecule has 0 aromatic rings. The van der Waals surface area contributed by atoms with Crippen LogP contribution in [0, 0.1) is 5.92 Å². The summed E-state index contributed by atoms with van der Waals surface area (Å²) in [4.78, 5) is 16.1. The molecule has 0 aromatic heterocycles. The van der Waals surface area contributed by atoms with Crippen LogP contribution in [0.15, 0.2) is 0 Å². The summed E-state index contributed by atoms with van der Waals surface area (Å²) < 4.78 is 0. The Balaban J connectivity index is 2.30. The average Bonchev–Trinajstić information content (AvgIpc) is 2.80. The molecule has 2 N–H and O–H groups in total. The zero-order valence-electron chi connectivity index (χ0n) is 13.5. The minimum Gasteiger partial charge on any atom is -0.480 e. The normalized spacial score (nSPS) is 23.1. The molecule has 0 saturated carbocycles. The molecule has 0 aliphatic carbocycles. The van der Waals surface area contributed by atoms with Crippen LogP contribution in [0.2, 0.25) is 0 Å². The largest absolute Gasteiger partial charge is 0.480 e. The summed E-state index contributed by atoms with van der Waals surface area (Å²) in [6.07, 6.45) is 3.51. The molecular formula is C15H31N3O2. The Morgan fingerprint density at radius 3 is 2.70 bits per heavy atom. The molecule has 1 fully saturated rings. The van der Waals surface area contributed by atoms with Crippen molar-refractivity contribution in [1.82, 2.24) is 15.1 Å². The number of likely N-dealkylation sites (tertiary alicyclic amines) is 1. The smallest absolute Gasteiger partial charge is 0.323 e. The van der Waals surface area contributed by atoms with Gasteiger partial charge in [0, 0.05) is 13.1 Å². The van der Waals surface area contributed by atoms with Gasteiger partial charge in [-0.1, -0.05) is 6.92 Å². The summed E-state index contributed by atoms with van der Waals surface area (Å²) in [6, 6.07) is 0. The number of nitrogens with zero attached hydrogens (tertiary/aromatic N) is 2. The zero-order valence-corrected chi connectivity index (χ0v) is 13.5. The van der Waals surface area contributed by atoms with E-state index in [2.05, 4.69) is 29.2 Å². The van der Waals surface area contributed by atoms with E-state index < -0.39 is 11.5 Å². The molecule has 1 aliphatic heterocycles. The van der Waals surface area contributed by atoms with Crippen molar-refractivity contribution < 1.29 is 9.90 Å². The Kier molecular flexibility index (Phi) is 6.92. The van der Waals surface area contributed by atoms with Crippen LogP contribution in [0.3, 0.4) is 0 Å². The van der Waals surface area contributed by atoms with Crippen molar-refractivity contribution in [2.75, 3.05) is 47.3 Å². The van der Waals surface area contributed by atoms with Gasteiger partial charge in [-0.05, 0) is 65.8 Å². The van der Waals surface area contributed by atoms with Crippen LogP contribution in [0.1, 0.15) is 32.6 Å². The van der Waals surface area contributed by atoms with Gasteiger partial charge in [0.2, 0.25) is 0 Å². The van der Waals surface area contributed by atoms with E-state index in [0.29, 0.717) is 12.8 Å². The van der Waals surface area contributed by atoms with Gasteiger partial charge in [0.05, 0.1) is 0 Å². The van der Waals surface area contributed by atoms with Crippen LogP contribution >= 0.6 is 0 Å². The van der Waals surface area contributed by atoms with Crippen molar-refractivity contribution in [3.05, 3.63) is 0 Å². The maximum absolute atomic E-state index is 11.4. The number of carboxylic acids is 1. The third kappa shape index (κ3) is 4.72. The van der Waals surface area contributed by atoms with Crippen molar-refractivity contribution >= 4 is 5.97 Å². The van der Waals surface area contributed by atoms with E-state index in [1.54, 1.807) is 7.05 Å². The van der Waals surface area contributed by atoms with E-state index in [0.717, 1.165) is 25.4 Å². The van der Waals surface area contributed by atoms with Crippen LogP contribution < -0.4 is 5.32 Å². The highest BCUT2D eigenvalue weighted by molar-refractivity contribution is 5.78. The first kappa shape index (κ1) is 17.4. The number of aliphatic carboxylic acids is 1. The fourth-order valence-electron chi connectivity index (χ4n) is 3.20. The van der Waals surface area contributed by atoms with Crippen LogP contribution in [0.4, 0.5) is 0 Å². The minimum absolute atomic E-state index is 0.621. The predicted molar refractivity (Wildman–Crippen MR) is 82.1 cm³/mol. The van der Waals surface area contributed by atoms with E-state index in [9.17, 15) is 9.90 Å². The second-order valence-electron chi connectivity index (χ2n) is 6.27. The lowest BCUT2D eigenvalue weighted by Crippen LogP contribution is -2.50. The van der Waals surface area contributed by atoms with Gasteiger partial charge < -0.3 is 20.2 Å². The minimum atomic E-state index is -0.756. The molecule has 0 spiro atoms. The highest BCUT2D eigenvalue weighted by atomic mass is 16.4. The SMILES string of the molecule is CCC(CCCN(C)CC1CCN(C)C1)(NC)C(=O)O. The molecule has 0 aromatic carbocycles. The van der Waals surface area contributed by atoms with Crippen molar-refractivity contribution in [2.45, 2.75) is 38.1 Å². The lowest BCUT2D eigenvalue weighted by atomic mass is 9.90. The van der Waals surface area contributed by atoms with Crippen molar-refractivity contribution in [3.8, 4) is 0 Å². The second-order valence-corrected chi connectivity index (χ2v) is 6.27. The summed E-state index contributed by atoms with van der Waals surface area (Å²) >= 11 is 0. The average molecular weight is 285 g/mol. The topological polar surface area (TPSA) is 55.8 Å². The highest BCUT2D eigenvalue weighted by Crippen LogP contribution is 2.19. The number of hydrogen-bond donors (Lipinski definition) is 2. The predicted octanol–water partition coefficient (Wildman–Crippen LogP) is 1.10. The Morgan fingerprint density at radius 1 is 1.55 bits per heavy atom. The molecule has 2 atom stereocenters. The number of hydrogen-bond acceptors (Lipinski definition) is 4. The zero-order chi connectivity index (χ0) is 15.2. The molecule has 5 nitrogen and oxygen atoms in total. The maximum Gasteiger partial charge on any atom is 0.323 e. The van der Waals surface area contributed by atoms with Crippen LogP contribution in [-0.4, -0.2) is 73.7 Å². The third-order valence-electron chi connectivity index (χ3n) is 4.69. The van der Waals surface area contributed by atoms with Crippen molar-refractivity contribution in [1.29, 1.82) is 0 Å². The quantitative estimate of drug-likeness (QED) is 0.664. The Labute approximate surface area is 123 Å². The third-order valence-corrected chi connectivity index (χ3v) is 4.69. The lowest BCUT2D eigenvalue weighted by molar-refractivity contribution is -0.145. The first-order valence-electron chi connectivity index (χ1n) is 7.73. The first-order chi connectivity index (χ1) is 9.43. The van der Waals surface area contributed by atoms with E-state index >= 15 is 0 Å². The Bertz CT molecular complexity index is 305. The van der Waals surface area contributed by atoms with Gasteiger partial charge in [-0.2, -0.15) is 0 Å². The molecule has 1 heterocycles. The molecule has 0 radical (unpaired) electrons. The monoisotopic (exact) mass is 285 g/mol. The summed E-state index contributed by atoms with van der Waals surface area (Å²) in [5, 5.41) is 12.4.